The zero-order valence-corrected chi connectivity index (χ0v) is 14.8. The second-order valence-electron chi connectivity index (χ2n) is 6.29. The summed E-state index contributed by atoms with van der Waals surface area (Å²) in [6, 6.07) is 4.06. The number of benzene rings is 1. The number of hydrogen-bond donors (Lipinski definition) is 1. The van der Waals surface area contributed by atoms with Crippen LogP contribution in [0.4, 0.5) is 16.2 Å². The number of carbonyl (C=O) groups excluding carboxylic acids is 1. The first kappa shape index (κ1) is 18.5. The largest absolute Gasteiger partial charge is 0.322 e. The molecule has 1 aromatic carbocycles. The molecule has 1 heterocycles. The average molecular weight is 355 g/mol. The van der Waals surface area contributed by atoms with Gasteiger partial charge < -0.3 is 15.1 Å². The quantitative estimate of drug-likeness (QED) is 0.647. The van der Waals surface area contributed by atoms with Crippen LogP contribution < -0.4 is 5.32 Å². The number of amides is 2. The van der Waals surface area contributed by atoms with Crippen LogP contribution in [0.25, 0.3) is 0 Å². The lowest BCUT2D eigenvalue weighted by atomic mass is 9.99. The van der Waals surface area contributed by atoms with Gasteiger partial charge in [0.15, 0.2) is 0 Å². The molecule has 1 aromatic rings. The van der Waals surface area contributed by atoms with Crippen LogP contribution in [0.1, 0.15) is 25.7 Å². The van der Waals surface area contributed by atoms with Gasteiger partial charge in [0.2, 0.25) is 0 Å². The average Bonchev–Trinajstić information content (AvgIpc) is 2.54. The van der Waals surface area contributed by atoms with Crippen molar-refractivity contribution >= 4 is 29.0 Å². The third-order valence-electron chi connectivity index (χ3n) is 4.20. The van der Waals surface area contributed by atoms with E-state index in [9.17, 15) is 14.9 Å². The number of rotatable bonds is 5. The van der Waals surface area contributed by atoms with Gasteiger partial charge in [0.05, 0.1) is 15.6 Å². The monoisotopic (exact) mass is 354 g/mol. The van der Waals surface area contributed by atoms with Crippen molar-refractivity contribution < 1.29 is 9.72 Å². The number of likely N-dealkylation sites (tertiary alicyclic amines) is 1. The molecule has 0 radical (unpaired) electrons. The Hall–Kier alpha value is -1.86. The Bertz CT molecular complexity index is 609. The van der Waals surface area contributed by atoms with Crippen molar-refractivity contribution in [2.75, 3.05) is 32.5 Å². The zero-order valence-electron chi connectivity index (χ0n) is 14.0. The van der Waals surface area contributed by atoms with Gasteiger partial charge in [-0.25, -0.2) is 4.79 Å². The zero-order chi connectivity index (χ0) is 17.7. The predicted molar refractivity (Wildman–Crippen MR) is 94.6 cm³/mol. The molecule has 24 heavy (non-hydrogen) atoms. The molecule has 2 rings (SSSR count). The molecule has 1 aliphatic heterocycles. The van der Waals surface area contributed by atoms with E-state index in [1.165, 1.54) is 18.2 Å². The van der Waals surface area contributed by atoms with Crippen LogP contribution in [0.3, 0.4) is 0 Å². The highest BCUT2D eigenvalue weighted by atomic mass is 35.5. The number of hydrogen-bond acceptors (Lipinski definition) is 4. The summed E-state index contributed by atoms with van der Waals surface area (Å²) in [7, 11) is 4.04. The van der Waals surface area contributed by atoms with E-state index in [1.807, 2.05) is 19.0 Å². The summed E-state index contributed by atoms with van der Waals surface area (Å²) in [4.78, 5) is 26.8. The first-order chi connectivity index (χ1) is 11.4. The molecule has 1 saturated heterocycles. The first-order valence-corrected chi connectivity index (χ1v) is 8.42. The van der Waals surface area contributed by atoms with Gasteiger partial charge in [-0.2, -0.15) is 0 Å². The molecule has 0 unspecified atom stereocenters. The lowest BCUT2D eigenvalue weighted by Gasteiger charge is -2.36. The number of piperidine rings is 1. The van der Waals surface area contributed by atoms with Crippen LogP contribution in [0.2, 0.25) is 5.02 Å². The number of nitrogens with zero attached hydrogens (tertiary/aromatic N) is 3. The van der Waals surface area contributed by atoms with E-state index in [4.69, 9.17) is 11.6 Å². The van der Waals surface area contributed by atoms with Gasteiger partial charge in [0.1, 0.15) is 0 Å². The van der Waals surface area contributed by atoms with E-state index in [0.717, 1.165) is 32.2 Å². The number of non-ortho nitro benzene ring substituents is 1. The van der Waals surface area contributed by atoms with Crippen LogP contribution >= 0.6 is 11.6 Å². The molecule has 0 saturated carbocycles. The van der Waals surface area contributed by atoms with Crippen LogP contribution in [-0.4, -0.2) is 54.0 Å². The van der Waals surface area contributed by atoms with Crippen molar-refractivity contribution in [3.63, 3.8) is 0 Å². The number of nitro benzene ring substituents is 1. The maximum absolute atomic E-state index is 12.6. The number of urea groups is 1. The SMILES string of the molecule is CN(C)CC[C@@H]1CCCCN1C(=O)Nc1ccc([N+](=O)[O-])cc1Cl. The van der Waals surface area contributed by atoms with Crippen molar-refractivity contribution in [2.24, 2.45) is 0 Å². The van der Waals surface area contributed by atoms with Crippen LogP contribution in [0.5, 0.6) is 0 Å². The Morgan fingerprint density at radius 1 is 1.46 bits per heavy atom. The molecule has 0 bridgehead atoms. The highest BCUT2D eigenvalue weighted by Gasteiger charge is 2.27. The van der Waals surface area contributed by atoms with E-state index < -0.39 is 4.92 Å². The van der Waals surface area contributed by atoms with Crippen molar-refractivity contribution in [1.29, 1.82) is 0 Å². The Morgan fingerprint density at radius 2 is 2.21 bits per heavy atom. The van der Waals surface area contributed by atoms with Gasteiger partial charge in [-0.05, 0) is 52.4 Å². The summed E-state index contributed by atoms with van der Waals surface area (Å²) in [5, 5.41) is 13.7. The van der Waals surface area contributed by atoms with E-state index in [2.05, 4.69) is 10.2 Å². The molecule has 132 valence electrons. The Morgan fingerprint density at radius 3 is 2.83 bits per heavy atom. The minimum absolute atomic E-state index is 0.0974. The molecule has 2 amide bonds. The fourth-order valence-corrected chi connectivity index (χ4v) is 3.10. The van der Waals surface area contributed by atoms with Crippen LogP contribution in [0.15, 0.2) is 18.2 Å². The topological polar surface area (TPSA) is 78.7 Å². The van der Waals surface area contributed by atoms with Gasteiger partial charge in [-0.15, -0.1) is 0 Å². The van der Waals surface area contributed by atoms with Gasteiger partial charge >= 0.3 is 6.03 Å². The van der Waals surface area contributed by atoms with E-state index in [1.54, 1.807) is 0 Å². The van der Waals surface area contributed by atoms with E-state index in [-0.39, 0.29) is 22.8 Å². The number of anilines is 1. The number of nitro groups is 1. The minimum Gasteiger partial charge on any atom is -0.322 e. The summed E-state index contributed by atoms with van der Waals surface area (Å²) in [5.41, 5.74) is 0.295. The lowest BCUT2D eigenvalue weighted by molar-refractivity contribution is -0.384. The molecule has 8 heteroatoms. The second kappa shape index (κ2) is 8.30. The first-order valence-electron chi connectivity index (χ1n) is 8.05. The van der Waals surface area contributed by atoms with Gasteiger partial charge in [-0.1, -0.05) is 11.6 Å². The van der Waals surface area contributed by atoms with Gasteiger partial charge in [0, 0.05) is 24.7 Å². The fraction of sp³-hybridized carbons (Fsp3) is 0.562. The normalized spacial score (nSPS) is 17.8. The van der Waals surface area contributed by atoms with Crippen molar-refractivity contribution in [1.82, 2.24) is 9.80 Å². The highest BCUT2D eigenvalue weighted by molar-refractivity contribution is 6.33. The van der Waals surface area contributed by atoms with E-state index in [0.29, 0.717) is 12.2 Å². The van der Waals surface area contributed by atoms with Gasteiger partial charge in [0.25, 0.3) is 5.69 Å². The summed E-state index contributed by atoms with van der Waals surface area (Å²) >= 11 is 6.05. The summed E-state index contributed by atoms with van der Waals surface area (Å²) in [6.07, 6.45) is 4.03. The maximum atomic E-state index is 12.6. The van der Waals surface area contributed by atoms with Gasteiger partial charge in [-0.3, -0.25) is 10.1 Å². The molecule has 0 spiro atoms. The third-order valence-corrected chi connectivity index (χ3v) is 4.52. The highest BCUT2D eigenvalue weighted by Crippen LogP contribution is 2.28. The number of nitrogens with one attached hydrogen (secondary N) is 1. The predicted octanol–water partition coefficient (Wildman–Crippen LogP) is 3.59. The molecule has 1 N–H and O–H groups in total. The second-order valence-corrected chi connectivity index (χ2v) is 6.69. The van der Waals surface area contributed by atoms with E-state index >= 15 is 0 Å². The van der Waals surface area contributed by atoms with Crippen molar-refractivity contribution in [2.45, 2.75) is 31.7 Å². The van der Waals surface area contributed by atoms with Crippen molar-refractivity contribution in [3.8, 4) is 0 Å². The number of carbonyl (C=O) groups is 1. The molecular weight excluding hydrogens is 332 g/mol. The molecule has 0 aliphatic carbocycles. The molecule has 1 fully saturated rings. The maximum Gasteiger partial charge on any atom is 0.322 e. The minimum atomic E-state index is -0.514. The Kier molecular flexibility index (Phi) is 6.39. The Balaban J connectivity index is 2.05. The summed E-state index contributed by atoms with van der Waals surface area (Å²) in [6.45, 7) is 1.64. The summed E-state index contributed by atoms with van der Waals surface area (Å²) < 4.78 is 0. The summed E-state index contributed by atoms with van der Waals surface area (Å²) in [5.74, 6) is 0. The van der Waals surface area contributed by atoms with Crippen molar-refractivity contribution in [3.05, 3.63) is 33.3 Å². The number of halogens is 1. The van der Waals surface area contributed by atoms with Crippen LogP contribution in [-0.2, 0) is 0 Å². The van der Waals surface area contributed by atoms with Crippen LogP contribution in [0, 0.1) is 10.1 Å². The standard InChI is InChI=1S/C16H23ClN4O3/c1-19(2)10-8-12-5-3-4-9-20(12)16(22)18-15-7-6-13(21(23)24)11-14(15)17/h6-7,11-12H,3-5,8-10H2,1-2H3,(H,18,22)/t12-/m0/s1. The molecule has 1 aliphatic rings. The smallest absolute Gasteiger partial charge is 0.322 e. The molecular formula is C16H23ClN4O3. The molecule has 0 aromatic heterocycles. The molecule has 1 atom stereocenters. The lowest BCUT2D eigenvalue weighted by Crippen LogP contribution is -2.46. The Labute approximate surface area is 146 Å². The third kappa shape index (κ3) is 4.82. The fourth-order valence-electron chi connectivity index (χ4n) is 2.88. The molecule has 7 nitrogen and oxygen atoms in total.